The molecule has 6 nitrogen and oxygen atoms in total. The third-order valence-corrected chi connectivity index (χ3v) is 11.7. The van der Waals surface area contributed by atoms with E-state index in [-0.39, 0.29) is 34.7 Å². The molecule has 36 heavy (non-hydrogen) atoms. The van der Waals surface area contributed by atoms with Crippen LogP contribution >= 0.6 is 0 Å². The molecule has 0 aliphatic carbocycles. The Morgan fingerprint density at radius 1 is 0.944 bits per heavy atom. The number of carbonyl (C=O) groups is 2. The van der Waals surface area contributed by atoms with Gasteiger partial charge in [0.25, 0.3) is 0 Å². The van der Waals surface area contributed by atoms with Gasteiger partial charge in [-0.15, -0.1) is 0 Å². The van der Waals surface area contributed by atoms with Gasteiger partial charge in [0.2, 0.25) is 0 Å². The van der Waals surface area contributed by atoms with E-state index in [4.69, 9.17) is 13.9 Å². The van der Waals surface area contributed by atoms with Crippen molar-refractivity contribution in [3.05, 3.63) is 24.3 Å². The summed E-state index contributed by atoms with van der Waals surface area (Å²) < 4.78 is 22.7. The van der Waals surface area contributed by atoms with Gasteiger partial charge in [-0.3, -0.25) is 9.59 Å². The summed E-state index contributed by atoms with van der Waals surface area (Å²) in [5.41, 5.74) is 0. The number of hydrogen-bond acceptors (Lipinski definition) is 6. The van der Waals surface area contributed by atoms with Crippen molar-refractivity contribution >= 4 is 20.1 Å². The first kappa shape index (κ1) is 34.7. The van der Waals surface area contributed by atoms with E-state index >= 15 is 0 Å². The van der Waals surface area contributed by atoms with Crippen LogP contribution in [0, 0.1) is 11.8 Å². The van der Waals surface area contributed by atoms with Crippen molar-refractivity contribution in [1.29, 1.82) is 0 Å². The van der Waals surface area contributed by atoms with E-state index in [0.29, 0.717) is 12.8 Å². The summed E-state index contributed by atoms with van der Waals surface area (Å²) in [5.74, 6) is -0.636. The molecule has 0 spiro atoms. The SMILES string of the molecule is CCCCCC(/C=C/[C@@H](C(OC)OC)[13C@H](C/C=C\CCCC(=O)OC)[13C]([13CH3])=O)O[Si](C)(C)C(C)(C)C. The van der Waals surface area contributed by atoms with E-state index in [1.54, 1.807) is 21.1 Å². The van der Waals surface area contributed by atoms with Gasteiger partial charge in [-0.2, -0.15) is 0 Å². The molecule has 1 unspecified atom stereocenters. The molecule has 0 aromatic rings. The lowest BCUT2D eigenvalue weighted by Crippen LogP contribution is -2.43. The summed E-state index contributed by atoms with van der Waals surface area (Å²) >= 11 is 0. The second kappa shape index (κ2) is 18.0. The maximum Gasteiger partial charge on any atom is 0.305 e. The van der Waals surface area contributed by atoms with Gasteiger partial charge in [-0.05, 0) is 50.7 Å². The van der Waals surface area contributed by atoms with Crippen molar-refractivity contribution in [2.24, 2.45) is 11.8 Å². The standard InChI is InChI=1S/C29H54O6Si/c1-11-12-15-18-24(35-36(9,10)29(3,4)5)21-22-26(28(33-7)34-8)25(23(2)30)19-16-13-14-17-20-27(31)32-6/h13,16,21-22,24-26,28H,11-12,14-15,17-20H2,1-10H3/b16-13-,22-21+/t24?,25-,26-/m1/s1/i2+1,23+1,25+1. The topological polar surface area (TPSA) is 71.1 Å². The molecule has 0 fully saturated rings. The zero-order valence-electron chi connectivity index (χ0n) is 24.7. The molecule has 0 aromatic heterocycles. The lowest BCUT2D eigenvalue weighted by molar-refractivity contribution is -0.147. The number of rotatable bonds is 19. The highest BCUT2D eigenvalue weighted by atomic mass is 28.4. The highest BCUT2D eigenvalue weighted by Crippen LogP contribution is 2.38. The summed E-state index contributed by atoms with van der Waals surface area (Å²) in [5, 5.41) is 0.116. The molecule has 0 aliphatic rings. The minimum atomic E-state index is -1.96. The number of Topliss-reactive ketones (excluding diaryl/α,β-unsaturated/α-hetero) is 1. The van der Waals surface area contributed by atoms with Gasteiger partial charge in [0, 0.05) is 32.5 Å². The molecule has 0 amide bonds. The highest BCUT2D eigenvalue weighted by molar-refractivity contribution is 6.74. The van der Waals surface area contributed by atoms with Gasteiger partial charge in [0.05, 0.1) is 13.2 Å². The Hall–Kier alpha value is -1.28. The molecule has 0 heterocycles. The first-order valence-electron chi connectivity index (χ1n) is 13.5. The van der Waals surface area contributed by atoms with Gasteiger partial charge < -0.3 is 18.6 Å². The Kier molecular flexibility index (Phi) is 17.4. The summed E-state index contributed by atoms with van der Waals surface area (Å²) in [6.07, 6.45) is 14.6. The Balaban J connectivity index is 5.73. The Bertz CT molecular complexity index is 676. The smallest absolute Gasteiger partial charge is 0.305 e. The molecule has 3 atom stereocenters. The number of unbranched alkanes of at least 4 members (excludes halogenated alkanes) is 3. The van der Waals surface area contributed by atoms with Crippen LogP contribution in [0.5, 0.6) is 0 Å². The van der Waals surface area contributed by atoms with Gasteiger partial charge in [0.1, 0.15) is 5.78 Å². The molecule has 0 aliphatic heterocycles. The number of methoxy groups -OCH3 is 3. The fourth-order valence-electron chi connectivity index (χ4n) is 3.84. The maximum absolute atomic E-state index is 12.7. The molecule has 0 radical (unpaired) electrons. The molecule has 0 rings (SSSR count). The fourth-order valence-corrected chi connectivity index (χ4v) is 5.15. The summed E-state index contributed by atoms with van der Waals surface area (Å²) in [4.78, 5) is 24.0. The van der Waals surface area contributed by atoms with Crippen LogP contribution in [0.4, 0.5) is 0 Å². The van der Waals surface area contributed by atoms with Gasteiger partial charge in [0.15, 0.2) is 14.6 Å². The molecular formula is C29H54O6Si. The van der Waals surface area contributed by atoms with Gasteiger partial charge in [-0.25, -0.2) is 0 Å². The number of hydrogen-bond donors (Lipinski definition) is 0. The molecule has 0 aromatic carbocycles. The lowest BCUT2D eigenvalue weighted by Gasteiger charge is -2.39. The van der Waals surface area contributed by atoms with Crippen LogP contribution in [-0.4, -0.2) is 53.8 Å². The Labute approximate surface area is 222 Å². The monoisotopic (exact) mass is 529 g/mol. The zero-order valence-corrected chi connectivity index (χ0v) is 25.7. The van der Waals surface area contributed by atoms with Crippen LogP contribution in [0.15, 0.2) is 24.3 Å². The van der Waals surface area contributed by atoms with Crippen molar-refractivity contribution in [1.82, 2.24) is 0 Å². The van der Waals surface area contributed by atoms with Crippen LogP contribution in [0.3, 0.4) is 0 Å². The summed E-state index contributed by atoms with van der Waals surface area (Å²) in [7, 11) is 2.66. The number of ether oxygens (including phenoxy) is 3. The largest absolute Gasteiger partial charge is 0.469 e. The van der Waals surface area contributed by atoms with Gasteiger partial charge in [-0.1, -0.05) is 71.3 Å². The van der Waals surface area contributed by atoms with E-state index in [1.807, 2.05) is 12.2 Å². The zero-order chi connectivity index (χ0) is 27.8. The van der Waals surface area contributed by atoms with Crippen molar-refractivity contribution in [3.8, 4) is 0 Å². The summed E-state index contributed by atoms with van der Waals surface area (Å²) in [6, 6.07) is 0. The van der Waals surface area contributed by atoms with E-state index in [0.717, 1.165) is 32.1 Å². The summed E-state index contributed by atoms with van der Waals surface area (Å²) in [6.45, 7) is 15.2. The van der Waals surface area contributed by atoms with Crippen LogP contribution in [-0.2, 0) is 28.2 Å². The van der Waals surface area contributed by atoms with Crippen molar-refractivity contribution < 1.29 is 28.2 Å². The van der Waals surface area contributed by atoms with Crippen molar-refractivity contribution in [2.45, 2.75) is 117 Å². The van der Waals surface area contributed by atoms with Crippen molar-refractivity contribution in [2.75, 3.05) is 21.3 Å². The van der Waals surface area contributed by atoms with E-state index < -0.39 is 14.6 Å². The van der Waals surface area contributed by atoms with Crippen LogP contribution in [0.1, 0.15) is 86.0 Å². The predicted molar refractivity (Wildman–Crippen MR) is 150 cm³/mol. The molecular weight excluding hydrogens is 475 g/mol. The highest BCUT2D eigenvalue weighted by Gasteiger charge is 2.39. The molecule has 0 saturated heterocycles. The number of esters is 1. The third kappa shape index (κ3) is 13.3. The van der Waals surface area contributed by atoms with E-state index in [2.05, 4.69) is 57.7 Å². The van der Waals surface area contributed by atoms with Gasteiger partial charge >= 0.3 is 5.97 Å². The molecule has 0 bridgehead atoms. The number of ketones is 1. The molecule has 210 valence electrons. The van der Waals surface area contributed by atoms with Crippen molar-refractivity contribution in [3.63, 3.8) is 0 Å². The number of allylic oxidation sites excluding steroid dienone is 2. The van der Waals surface area contributed by atoms with E-state index in [9.17, 15) is 9.59 Å². The van der Waals surface area contributed by atoms with Crippen LogP contribution in [0.2, 0.25) is 18.1 Å². The average Bonchev–Trinajstić information content (AvgIpc) is 2.80. The predicted octanol–water partition coefficient (Wildman–Crippen LogP) is 7.24. The van der Waals surface area contributed by atoms with E-state index in [1.165, 1.54) is 13.5 Å². The Morgan fingerprint density at radius 2 is 1.58 bits per heavy atom. The normalized spacial score (nSPS) is 15.5. The third-order valence-electron chi connectivity index (χ3n) is 7.19. The maximum atomic E-state index is 12.7. The minimum Gasteiger partial charge on any atom is -0.469 e. The molecule has 7 heteroatoms. The molecule has 0 saturated carbocycles. The van der Waals surface area contributed by atoms with Crippen LogP contribution < -0.4 is 0 Å². The fraction of sp³-hybridized carbons (Fsp3) is 0.793. The number of carbonyl (C=O) groups excluding carboxylic acids is 2. The first-order valence-corrected chi connectivity index (χ1v) is 16.4. The first-order chi connectivity index (χ1) is 16.8. The molecule has 0 N–H and O–H groups in total. The minimum absolute atomic E-state index is 0.00391. The lowest BCUT2D eigenvalue weighted by atomic mass is 10.1. The quantitative estimate of drug-likeness (QED) is 0.0438. The second-order valence-electron chi connectivity index (χ2n) is 11.1. The average molecular weight is 530 g/mol. The second-order valence-corrected chi connectivity index (χ2v) is 15.9. The Morgan fingerprint density at radius 3 is 2.08 bits per heavy atom. The van der Waals surface area contributed by atoms with Crippen LogP contribution in [0.25, 0.3) is 0 Å².